The lowest BCUT2D eigenvalue weighted by Crippen LogP contribution is -2.26. The van der Waals surface area contributed by atoms with E-state index in [2.05, 4.69) is 20.1 Å². The third kappa shape index (κ3) is 2.59. The molecule has 0 amide bonds. The van der Waals surface area contributed by atoms with Crippen molar-refractivity contribution in [3.63, 3.8) is 0 Å². The summed E-state index contributed by atoms with van der Waals surface area (Å²) < 4.78 is 4.06. The van der Waals surface area contributed by atoms with Gasteiger partial charge in [-0.15, -0.1) is 0 Å². The molecule has 7 heavy (non-hydrogen) atoms. The van der Waals surface area contributed by atoms with Gasteiger partial charge in [0.2, 0.25) is 0 Å². The number of hydrogen-bond donors (Lipinski definition) is 1. The normalized spacial score (nSPS) is 13.0. The fourth-order valence-electron chi connectivity index (χ4n) is 0.0703. The molecular weight excluding hydrogens is 162 g/mol. The molecule has 0 saturated heterocycles. The molecule has 0 aliphatic heterocycles. The van der Waals surface area contributed by atoms with Gasteiger partial charge in [-0.3, -0.25) is 0 Å². The molecular formula is C3H6BrNO2. The number of rotatable bonds is 1. The minimum Gasteiger partial charge on any atom is -0.382 e. The van der Waals surface area contributed by atoms with Crippen LogP contribution in [0, 0.1) is 0 Å². The Balaban J connectivity index is 3.35. The number of nitrogens with two attached hydrogens (primary N) is 1. The Hall–Kier alpha value is -0.0900. The zero-order chi connectivity index (χ0) is 5.86. The minimum atomic E-state index is -0.542. The van der Waals surface area contributed by atoms with Crippen LogP contribution in [-0.2, 0) is 8.62 Å². The fraction of sp³-hybridized carbons (Fsp3) is 0.667. The van der Waals surface area contributed by atoms with Gasteiger partial charge in [0.25, 0.3) is 0 Å². The largest absolute Gasteiger partial charge is 0.382 e. The second-order valence-corrected chi connectivity index (χ2v) is 1.51. The lowest BCUT2D eigenvalue weighted by molar-refractivity contribution is -0.133. The molecule has 4 heteroatoms. The van der Waals surface area contributed by atoms with Gasteiger partial charge in [0.15, 0.2) is 16.3 Å². The maximum Gasteiger partial charge on any atom is 0.334 e. The predicted molar refractivity (Wildman–Crippen MR) is 28.7 cm³/mol. The molecule has 0 aliphatic rings. The van der Waals surface area contributed by atoms with Crippen LogP contribution < -0.4 is 5.73 Å². The summed E-state index contributed by atoms with van der Waals surface area (Å²) in [5.74, 6) is -0.458. The summed E-state index contributed by atoms with van der Waals surface area (Å²) in [5, 5.41) is 0. The highest BCUT2D eigenvalue weighted by Gasteiger charge is 2.05. The van der Waals surface area contributed by atoms with Gasteiger partial charge in [-0.05, 0) is 6.92 Å². The van der Waals surface area contributed by atoms with Crippen LogP contribution in [0.4, 0.5) is 0 Å². The molecule has 0 bridgehead atoms. The predicted octanol–water partition coefficient (Wildman–Crippen LogP) is 0.187. The summed E-state index contributed by atoms with van der Waals surface area (Å²) in [6.45, 7) is 1.55. The standard InChI is InChI=1S/C3H6BrNO2/c1-2(5)3(6)7-4/h2H,5H2,1H3/t2-/m0/s1. The van der Waals surface area contributed by atoms with Crippen molar-refractivity contribution in [1.82, 2.24) is 0 Å². The molecule has 3 nitrogen and oxygen atoms in total. The van der Waals surface area contributed by atoms with Gasteiger partial charge in [-0.1, -0.05) is 0 Å². The van der Waals surface area contributed by atoms with Crippen molar-refractivity contribution in [3.8, 4) is 0 Å². The van der Waals surface area contributed by atoms with Crippen molar-refractivity contribution in [1.29, 1.82) is 0 Å². The summed E-state index contributed by atoms with van der Waals surface area (Å²) in [7, 11) is 0. The first-order valence-corrected chi connectivity index (χ1v) is 2.41. The van der Waals surface area contributed by atoms with Gasteiger partial charge in [-0.2, -0.15) is 0 Å². The van der Waals surface area contributed by atoms with Crippen molar-refractivity contribution < 1.29 is 8.62 Å². The smallest absolute Gasteiger partial charge is 0.334 e. The Morgan fingerprint density at radius 3 is 2.43 bits per heavy atom. The van der Waals surface area contributed by atoms with Crippen molar-refractivity contribution >= 4 is 22.2 Å². The first-order valence-electron chi connectivity index (χ1n) is 1.76. The molecule has 0 aliphatic carbocycles. The van der Waals surface area contributed by atoms with Crippen molar-refractivity contribution in [2.24, 2.45) is 5.73 Å². The van der Waals surface area contributed by atoms with Crippen molar-refractivity contribution in [3.05, 3.63) is 0 Å². The van der Waals surface area contributed by atoms with Gasteiger partial charge < -0.3 is 9.56 Å². The number of carbonyl (C=O) groups is 1. The van der Waals surface area contributed by atoms with Crippen LogP contribution in [0.2, 0.25) is 0 Å². The van der Waals surface area contributed by atoms with Gasteiger partial charge in [0.1, 0.15) is 6.04 Å². The van der Waals surface area contributed by atoms with Crippen molar-refractivity contribution in [2.45, 2.75) is 13.0 Å². The molecule has 0 fully saturated rings. The molecule has 0 heterocycles. The SMILES string of the molecule is C[C@H](N)C(=O)OBr. The van der Waals surface area contributed by atoms with Crippen LogP contribution >= 0.6 is 16.3 Å². The molecule has 0 aromatic rings. The highest BCUT2D eigenvalue weighted by Crippen LogP contribution is 1.87. The first-order chi connectivity index (χ1) is 3.18. The third-order valence-corrected chi connectivity index (χ3v) is 0.767. The van der Waals surface area contributed by atoms with E-state index in [0.717, 1.165) is 0 Å². The Labute approximate surface area is 50.3 Å². The highest BCUT2D eigenvalue weighted by atomic mass is 79.9. The van der Waals surface area contributed by atoms with Crippen LogP contribution in [0.25, 0.3) is 0 Å². The summed E-state index contributed by atoms with van der Waals surface area (Å²) in [4.78, 5) is 10.1. The Kier molecular flexibility index (Phi) is 2.95. The maximum absolute atomic E-state index is 10.1. The van der Waals surface area contributed by atoms with E-state index in [0.29, 0.717) is 0 Å². The molecule has 0 aromatic heterocycles. The summed E-state index contributed by atoms with van der Waals surface area (Å²) in [6.07, 6.45) is 0. The highest BCUT2D eigenvalue weighted by molar-refractivity contribution is 9.06. The molecule has 0 aromatic carbocycles. The average Bonchev–Trinajstić information content (AvgIpc) is 1.65. The minimum absolute atomic E-state index is 0.458. The van der Waals surface area contributed by atoms with Gasteiger partial charge in [-0.25, -0.2) is 4.79 Å². The Morgan fingerprint density at radius 2 is 2.43 bits per heavy atom. The number of halogens is 1. The second-order valence-electron chi connectivity index (χ2n) is 1.18. The van der Waals surface area contributed by atoms with Crippen molar-refractivity contribution in [2.75, 3.05) is 0 Å². The van der Waals surface area contributed by atoms with E-state index in [9.17, 15) is 4.79 Å². The summed E-state index contributed by atoms with van der Waals surface area (Å²) in [5.41, 5.74) is 5.04. The van der Waals surface area contributed by atoms with E-state index in [1.807, 2.05) is 0 Å². The zero-order valence-corrected chi connectivity index (χ0v) is 5.44. The molecule has 0 radical (unpaired) electrons. The Morgan fingerprint density at radius 1 is 2.00 bits per heavy atom. The lowest BCUT2D eigenvalue weighted by Gasteiger charge is -1.95. The van der Waals surface area contributed by atoms with Crippen LogP contribution in [0.15, 0.2) is 0 Å². The number of carbonyl (C=O) groups excluding carboxylic acids is 1. The molecule has 42 valence electrons. The van der Waals surface area contributed by atoms with E-state index in [-0.39, 0.29) is 0 Å². The van der Waals surface area contributed by atoms with E-state index < -0.39 is 12.0 Å². The topological polar surface area (TPSA) is 52.3 Å². The summed E-state index contributed by atoms with van der Waals surface area (Å²) >= 11 is 2.49. The third-order valence-electron chi connectivity index (χ3n) is 0.448. The Bertz CT molecular complexity index is 73.3. The second kappa shape index (κ2) is 2.98. The number of hydrogen-bond acceptors (Lipinski definition) is 3. The summed E-state index contributed by atoms with van der Waals surface area (Å²) in [6, 6.07) is -0.542. The fourth-order valence-corrected chi connectivity index (χ4v) is 0.365. The van der Waals surface area contributed by atoms with Crippen LogP contribution in [0.5, 0.6) is 0 Å². The maximum atomic E-state index is 10.1. The first kappa shape index (κ1) is 6.91. The van der Waals surface area contributed by atoms with E-state index in [1.165, 1.54) is 0 Å². The van der Waals surface area contributed by atoms with Crippen LogP contribution in [-0.4, -0.2) is 12.0 Å². The lowest BCUT2D eigenvalue weighted by atomic mass is 10.4. The van der Waals surface area contributed by atoms with Gasteiger partial charge >= 0.3 is 5.97 Å². The van der Waals surface area contributed by atoms with Crippen LogP contribution in [0.3, 0.4) is 0 Å². The molecule has 0 saturated carbocycles. The monoisotopic (exact) mass is 167 g/mol. The average molecular weight is 168 g/mol. The van der Waals surface area contributed by atoms with Gasteiger partial charge in [0, 0.05) is 0 Å². The molecule has 0 spiro atoms. The molecule has 0 unspecified atom stereocenters. The zero-order valence-electron chi connectivity index (χ0n) is 3.85. The van der Waals surface area contributed by atoms with E-state index in [1.54, 1.807) is 6.92 Å². The molecule has 0 rings (SSSR count). The van der Waals surface area contributed by atoms with Crippen LogP contribution in [0.1, 0.15) is 6.92 Å². The molecule has 2 N–H and O–H groups in total. The van der Waals surface area contributed by atoms with Gasteiger partial charge in [0.05, 0.1) is 0 Å². The quantitative estimate of drug-likeness (QED) is 0.607. The van der Waals surface area contributed by atoms with E-state index in [4.69, 9.17) is 5.73 Å². The van der Waals surface area contributed by atoms with E-state index >= 15 is 0 Å². The molecule has 1 atom stereocenters.